The Hall–Kier alpha value is -3.50. The van der Waals surface area contributed by atoms with Crippen molar-refractivity contribution in [3.63, 3.8) is 0 Å². The van der Waals surface area contributed by atoms with Gasteiger partial charge in [-0.3, -0.25) is 4.90 Å². The molecule has 43 heavy (non-hydrogen) atoms. The zero-order chi connectivity index (χ0) is 31.6. The summed E-state index contributed by atoms with van der Waals surface area (Å²) in [5, 5.41) is 0. The fraction of sp³-hybridized carbons (Fsp3) is 0.500. The molecule has 1 aliphatic carbocycles. The summed E-state index contributed by atoms with van der Waals surface area (Å²) < 4.78 is 86.4. The normalized spacial score (nSPS) is 17.3. The second-order valence-electron chi connectivity index (χ2n) is 10.7. The van der Waals surface area contributed by atoms with E-state index in [1.165, 1.54) is 0 Å². The van der Waals surface area contributed by atoms with E-state index in [0.717, 1.165) is 49.2 Å². The Bertz CT molecular complexity index is 1210. The second-order valence-corrected chi connectivity index (χ2v) is 10.7. The molecular formula is C32H39F6N3O2. The molecule has 1 aromatic carbocycles. The minimum atomic E-state index is -5.00. The van der Waals surface area contributed by atoms with Gasteiger partial charge in [-0.1, -0.05) is 50.6 Å². The molecule has 1 aliphatic heterocycles. The van der Waals surface area contributed by atoms with Crippen LogP contribution in [0.15, 0.2) is 71.4 Å². The van der Waals surface area contributed by atoms with Crippen LogP contribution in [-0.2, 0) is 23.6 Å². The van der Waals surface area contributed by atoms with Crippen molar-refractivity contribution >= 4 is 11.9 Å². The summed E-state index contributed by atoms with van der Waals surface area (Å²) >= 11 is 0. The molecule has 3 rings (SSSR count). The topological polar surface area (TPSA) is 45.1 Å². The molecule has 1 amide bonds. The molecule has 5 nitrogen and oxygen atoms in total. The molecule has 2 aliphatic rings. The average molecular weight is 612 g/mol. The lowest BCUT2D eigenvalue weighted by Crippen LogP contribution is -2.42. The van der Waals surface area contributed by atoms with E-state index < -0.39 is 36.1 Å². The van der Waals surface area contributed by atoms with Crippen LogP contribution in [-0.4, -0.2) is 48.0 Å². The molecule has 0 bridgehead atoms. The van der Waals surface area contributed by atoms with E-state index in [4.69, 9.17) is 9.73 Å². The maximum Gasteiger partial charge on any atom is 0.416 e. The van der Waals surface area contributed by atoms with Gasteiger partial charge in [0.2, 0.25) is 0 Å². The van der Waals surface area contributed by atoms with Crippen LogP contribution in [0.1, 0.15) is 69.1 Å². The molecule has 236 valence electrons. The summed E-state index contributed by atoms with van der Waals surface area (Å²) in [5.41, 5.74) is -1.75. The van der Waals surface area contributed by atoms with Gasteiger partial charge in [0.15, 0.2) is 0 Å². The van der Waals surface area contributed by atoms with E-state index in [2.05, 4.69) is 18.4 Å². The lowest BCUT2D eigenvalue weighted by molar-refractivity contribution is -0.143. The van der Waals surface area contributed by atoms with Gasteiger partial charge < -0.3 is 9.64 Å². The summed E-state index contributed by atoms with van der Waals surface area (Å²) in [5.74, 6) is 1.13. The zero-order valence-electron chi connectivity index (χ0n) is 24.6. The fourth-order valence-corrected chi connectivity index (χ4v) is 5.33. The highest BCUT2D eigenvalue weighted by Crippen LogP contribution is 2.37. The summed E-state index contributed by atoms with van der Waals surface area (Å²) in [6.07, 6.45) is 3.94. The lowest BCUT2D eigenvalue weighted by Gasteiger charge is -2.33. The number of nitrogens with zero attached hydrogens (tertiary/aromatic N) is 3. The number of ether oxygens (including phenoxy) is 1. The SMILES string of the molecule is C=C/C=C\C=C1/CC=C(CN(Cc2cc(C(F)(F)F)cc(C(F)(F)F)c2)C(=O)OCC)C(N(CCC)CC2CCCC2)=N1. The minimum absolute atomic E-state index is 0.0160. The number of carbonyl (C=O) groups is 1. The van der Waals surface area contributed by atoms with Crippen LogP contribution in [0, 0.1) is 5.92 Å². The van der Waals surface area contributed by atoms with E-state index in [1.54, 1.807) is 19.1 Å². The summed E-state index contributed by atoms with van der Waals surface area (Å²) in [4.78, 5) is 21.3. The third kappa shape index (κ3) is 10.0. The van der Waals surface area contributed by atoms with Gasteiger partial charge in [0.1, 0.15) is 5.84 Å². The standard InChI is InChI=1S/C32H39F6N3O2/c1-4-7-8-13-28-15-14-25(29(39-28)40(16-5-2)20-23-11-9-10-12-23)22-41(30(42)43-6-3)21-24-17-26(31(33,34)35)19-27(18-24)32(36,37)38/h4,7-8,13-14,17-19,23H,1,5-6,9-12,15-16,20-22H2,2-3H3/b8-7-,28-13+. The van der Waals surface area contributed by atoms with Crippen LogP contribution in [0.3, 0.4) is 0 Å². The van der Waals surface area contributed by atoms with Crippen LogP contribution < -0.4 is 0 Å². The number of allylic oxidation sites excluding steroid dienone is 5. The first-order valence-corrected chi connectivity index (χ1v) is 14.6. The molecule has 0 spiro atoms. The fourth-order valence-electron chi connectivity index (χ4n) is 5.33. The number of amides is 1. The number of amidine groups is 1. The van der Waals surface area contributed by atoms with E-state index in [9.17, 15) is 31.1 Å². The molecule has 1 fully saturated rings. The van der Waals surface area contributed by atoms with Crippen molar-refractivity contribution in [3.8, 4) is 0 Å². The number of aliphatic imine (C=N–C) groups is 1. The second kappa shape index (κ2) is 15.3. The third-order valence-electron chi connectivity index (χ3n) is 7.28. The molecule has 1 aromatic rings. The van der Waals surface area contributed by atoms with Crippen molar-refractivity contribution in [1.29, 1.82) is 0 Å². The van der Waals surface area contributed by atoms with Gasteiger partial charge in [0.05, 0.1) is 24.3 Å². The Kier molecular flexibility index (Phi) is 12.1. The molecule has 1 heterocycles. The van der Waals surface area contributed by atoms with Gasteiger partial charge in [-0.15, -0.1) is 0 Å². The number of carbonyl (C=O) groups excluding carboxylic acids is 1. The summed E-state index contributed by atoms with van der Waals surface area (Å²) in [7, 11) is 0. The van der Waals surface area contributed by atoms with Crippen molar-refractivity contribution < 1.29 is 35.9 Å². The third-order valence-corrected chi connectivity index (χ3v) is 7.28. The first-order chi connectivity index (χ1) is 20.3. The predicted molar refractivity (Wildman–Crippen MR) is 155 cm³/mol. The van der Waals surface area contributed by atoms with Crippen LogP contribution >= 0.6 is 0 Å². The smallest absolute Gasteiger partial charge is 0.416 e. The van der Waals surface area contributed by atoms with Gasteiger partial charge in [-0.25, -0.2) is 9.79 Å². The molecular weight excluding hydrogens is 572 g/mol. The molecule has 0 unspecified atom stereocenters. The number of hydrogen-bond donors (Lipinski definition) is 0. The molecule has 0 N–H and O–H groups in total. The monoisotopic (exact) mass is 611 g/mol. The predicted octanol–water partition coefficient (Wildman–Crippen LogP) is 8.94. The van der Waals surface area contributed by atoms with Gasteiger partial charge >= 0.3 is 18.4 Å². The Morgan fingerprint density at radius 2 is 1.67 bits per heavy atom. The van der Waals surface area contributed by atoms with E-state index in [0.29, 0.717) is 42.4 Å². The summed E-state index contributed by atoms with van der Waals surface area (Å²) in [6, 6.07) is 1.36. The van der Waals surface area contributed by atoms with Crippen LogP contribution in [0.4, 0.5) is 31.1 Å². The Morgan fingerprint density at radius 1 is 1.02 bits per heavy atom. The zero-order valence-corrected chi connectivity index (χ0v) is 24.6. The summed E-state index contributed by atoms with van der Waals surface area (Å²) in [6.45, 7) is 8.13. The first-order valence-electron chi connectivity index (χ1n) is 14.6. The quantitative estimate of drug-likeness (QED) is 0.185. The van der Waals surface area contributed by atoms with E-state index in [1.807, 2.05) is 18.2 Å². The lowest BCUT2D eigenvalue weighted by atomic mass is 10.0. The largest absolute Gasteiger partial charge is 0.450 e. The van der Waals surface area contributed by atoms with E-state index in [-0.39, 0.29) is 24.8 Å². The van der Waals surface area contributed by atoms with E-state index >= 15 is 0 Å². The number of benzene rings is 1. The van der Waals surface area contributed by atoms with Gasteiger partial charge in [0.25, 0.3) is 0 Å². The number of alkyl halides is 6. The van der Waals surface area contributed by atoms with Gasteiger partial charge in [-0.2, -0.15) is 26.3 Å². The molecule has 0 atom stereocenters. The highest BCUT2D eigenvalue weighted by Gasteiger charge is 2.37. The van der Waals surface area contributed by atoms with Crippen molar-refractivity contribution in [2.24, 2.45) is 10.9 Å². The highest BCUT2D eigenvalue weighted by atomic mass is 19.4. The van der Waals surface area contributed by atoms with Crippen LogP contribution in [0.5, 0.6) is 0 Å². The van der Waals surface area contributed by atoms with Crippen molar-refractivity contribution in [1.82, 2.24) is 9.80 Å². The van der Waals surface area contributed by atoms with Gasteiger partial charge in [0, 0.05) is 37.3 Å². The maximum absolute atomic E-state index is 13.5. The molecule has 0 aromatic heterocycles. The Labute approximate surface area is 249 Å². The number of halogens is 6. The first kappa shape index (κ1) is 34.0. The maximum atomic E-state index is 13.5. The van der Waals surface area contributed by atoms with Crippen LogP contribution in [0.2, 0.25) is 0 Å². The number of dihydropyridines is 1. The molecule has 11 heteroatoms. The molecule has 0 saturated heterocycles. The average Bonchev–Trinajstić information content (AvgIpc) is 3.45. The minimum Gasteiger partial charge on any atom is -0.450 e. The van der Waals surface area contributed by atoms with Crippen molar-refractivity contribution in [2.75, 3.05) is 26.2 Å². The number of hydrogen-bond acceptors (Lipinski definition) is 4. The Morgan fingerprint density at radius 3 is 2.23 bits per heavy atom. The molecule has 0 radical (unpaired) electrons. The number of rotatable bonds is 11. The van der Waals surface area contributed by atoms with Crippen LogP contribution in [0.25, 0.3) is 0 Å². The highest BCUT2D eigenvalue weighted by molar-refractivity contribution is 6.00. The van der Waals surface area contributed by atoms with Gasteiger partial charge in [-0.05, 0) is 61.9 Å². The van der Waals surface area contributed by atoms with Crippen molar-refractivity contribution in [2.45, 2.75) is 71.3 Å². The Balaban J connectivity index is 2.01. The molecule has 1 saturated carbocycles. The van der Waals surface area contributed by atoms with Crippen molar-refractivity contribution in [3.05, 3.63) is 83.1 Å².